The van der Waals surface area contributed by atoms with Crippen molar-refractivity contribution in [2.24, 2.45) is 5.73 Å². The maximum atomic E-state index is 5.81. The third kappa shape index (κ3) is 3.85. The second kappa shape index (κ2) is 7.51. The first kappa shape index (κ1) is 17.3. The van der Waals surface area contributed by atoms with E-state index in [-0.39, 0.29) is 6.04 Å². The Morgan fingerprint density at radius 2 is 1.96 bits per heavy atom. The Bertz CT molecular complexity index is 684. The summed E-state index contributed by atoms with van der Waals surface area (Å²) in [5.74, 6) is 1.44. The van der Waals surface area contributed by atoms with Crippen LogP contribution in [0.25, 0.3) is 10.9 Å². The van der Waals surface area contributed by atoms with Gasteiger partial charge in [-0.1, -0.05) is 0 Å². The molecule has 0 bridgehead atoms. The first-order valence-corrected chi connectivity index (χ1v) is 8.00. The van der Waals surface area contributed by atoms with Gasteiger partial charge >= 0.3 is 0 Å². The molecule has 1 heterocycles. The Kier molecular flexibility index (Phi) is 5.66. The zero-order valence-electron chi connectivity index (χ0n) is 14.7. The van der Waals surface area contributed by atoms with Crippen molar-refractivity contribution in [3.05, 3.63) is 23.4 Å². The van der Waals surface area contributed by atoms with Crippen LogP contribution in [0.2, 0.25) is 0 Å². The van der Waals surface area contributed by atoms with E-state index >= 15 is 0 Å². The van der Waals surface area contributed by atoms with Gasteiger partial charge < -0.3 is 20.5 Å². The van der Waals surface area contributed by atoms with E-state index in [9.17, 15) is 0 Å². The minimum absolute atomic E-state index is 0.224. The maximum absolute atomic E-state index is 5.81. The van der Waals surface area contributed by atoms with Crippen molar-refractivity contribution in [2.45, 2.75) is 39.7 Å². The fraction of sp³-hybridized carbons (Fsp3) is 0.500. The van der Waals surface area contributed by atoms with Crippen molar-refractivity contribution < 1.29 is 9.47 Å². The van der Waals surface area contributed by atoms with Gasteiger partial charge in [0, 0.05) is 24.3 Å². The van der Waals surface area contributed by atoms with Gasteiger partial charge in [-0.15, -0.1) is 0 Å². The number of nitrogens with one attached hydrogen (secondary N) is 1. The van der Waals surface area contributed by atoms with Crippen molar-refractivity contribution in [1.82, 2.24) is 4.98 Å². The monoisotopic (exact) mass is 317 g/mol. The van der Waals surface area contributed by atoms with Crippen LogP contribution in [-0.4, -0.2) is 31.8 Å². The van der Waals surface area contributed by atoms with E-state index in [1.807, 2.05) is 19.9 Å². The van der Waals surface area contributed by atoms with Crippen molar-refractivity contribution in [3.8, 4) is 11.5 Å². The molecule has 0 aliphatic rings. The van der Waals surface area contributed by atoms with Crippen LogP contribution in [0.5, 0.6) is 11.5 Å². The smallest absolute Gasteiger partial charge is 0.170 e. The predicted molar refractivity (Wildman–Crippen MR) is 95.7 cm³/mol. The van der Waals surface area contributed by atoms with Gasteiger partial charge in [0.1, 0.15) is 0 Å². The average molecular weight is 317 g/mol. The van der Waals surface area contributed by atoms with E-state index in [2.05, 4.69) is 18.3 Å². The van der Waals surface area contributed by atoms with Gasteiger partial charge in [-0.25, -0.2) is 0 Å². The Morgan fingerprint density at radius 1 is 1.22 bits per heavy atom. The summed E-state index contributed by atoms with van der Waals surface area (Å²) in [6, 6.07) is 4.24. The molecule has 1 aromatic carbocycles. The molecule has 1 atom stereocenters. The number of anilines is 1. The second-order valence-corrected chi connectivity index (χ2v) is 6.01. The molecule has 2 rings (SSSR count). The van der Waals surface area contributed by atoms with E-state index in [1.165, 1.54) is 0 Å². The van der Waals surface area contributed by atoms with Crippen LogP contribution in [0, 0.1) is 13.8 Å². The zero-order chi connectivity index (χ0) is 17.0. The lowest BCUT2D eigenvalue weighted by molar-refractivity contribution is 0.358. The highest BCUT2D eigenvalue weighted by Gasteiger charge is 2.17. The minimum Gasteiger partial charge on any atom is -0.493 e. The van der Waals surface area contributed by atoms with Crippen LogP contribution in [0.15, 0.2) is 12.1 Å². The van der Waals surface area contributed by atoms with Crippen LogP contribution in [0.4, 0.5) is 5.69 Å². The molecular weight excluding hydrogens is 290 g/mol. The van der Waals surface area contributed by atoms with Crippen LogP contribution in [-0.2, 0) is 0 Å². The van der Waals surface area contributed by atoms with E-state index < -0.39 is 0 Å². The summed E-state index contributed by atoms with van der Waals surface area (Å²) in [5.41, 5.74) is 9.81. The molecule has 3 N–H and O–H groups in total. The lowest BCUT2D eigenvalue weighted by Gasteiger charge is -2.17. The molecule has 0 amide bonds. The normalized spacial score (nSPS) is 12.3. The third-order valence-electron chi connectivity index (χ3n) is 3.90. The third-order valence-corrected chi connectivity index (χ3v) is 3.90. The summed E-state index contributed by atoms with van der Waals surface area (Å²) in [7, 11) is 3.31. The predicted octanol–water partition coefficient (Wildman–Crippen LogP) is 3.41. The molecule has 0 saturated carbocycles. The molecule has 2 aromatic rings. The van der Waals surface area contributed by atoms with Crippen LogP contribution >= 0.6 is 0 Å². The molecule has 5 nitrogen and oxygen atoms in total. The number of aryl methyl sites for hydroxylation is 2. The summed E-state index contributed by atoms with van der Waals surface area (Å²) in [6.45, 7) is 6.95. The molecule has 1 aromatic heterocycles. The van der Waals surface area contributed by atoms with E-state index in [0.717, 1.165) is 53.0 Å². The van der Waals surface area contributed by atoms with E-state index in [0.29, 0.717) is 5.75 Å². The molecule has 0 spiro atoms. The topological polar surface area (TPSA) is 69.4 Å². The van der Waals surface area contributed by atoms with Gasteiger partial charge in [0.15, 0.2) is 11.5 Å². The number of fused-ring (bicyclic) bond motifs is 1. The summed E-state index contributed by atoms with van der Waals surface area (Å²) in [5, 5.41) is 4.46. The zero-order valence-corrected chi connectivity index (χ0v) is 14.7. The Balaban J connectivity index is 2.46. The fourth-order valence-corrected chi connectivity index (χ4v) is 2.84. The highest BCUT2D eigenvalue weighted by atomic mass is 16.5. The molecule has 0 fully saturated rings. The molecule has 0 aliphatic carbocycles. The highest BCUT2D eigenvalue weighted by Crippen LogP contribution is 2.41. The van der Waals surface area contributed by atoms with Gasteiger partial charge in [-0.2, -0.15) is 0 Å². The maximum Gasteiger partial charge on any atom is 0.170 e. The highest BCUT2D eigenvalue weighted by molar-refractivity contribution is 5.99. The summed E-state index contributed by atoms with van der Waals surface area (Å²) >= 11 is 0. The van der Waals surface area contributed by atoms with E-state index in [4.69, 9.17) is 20.2 Å². The quantitative estimate of drug-likeness (QED) is 0.766. The summed E-state index contributed by atoms with van der Waals surface area (Å²) in [4.78, 5) is 4.71. The number of nitrogens with two attached hydrogens (primary N) is 1. The first-order chi connectivity index (χ1) is 11.0. The number of benzene rings is 1. The molecule has 5 heteroatoms. The number of methoxy groups -OCH3 is 2. The first-order valence-electron chi connectivity index (χ1n) is 8.00. The summed E-state index contributed by atoms with van der Waals surface area (Å²) < 4.78 is 11.1. The lowest BCUT2D eigenvalue weighted by atomic mass is 10.1. The SMILES string of the molecule is COc1cc(NCCCC(C)N)c2nc(C)cc(C)c2c1OC. The van der Waals surface area contributed by atoms with Gasteiger partial charge in [0.2, 0.25) is 0 Å². The lowest BCUT2D eigenvalue weighted by Crippen LogP contribution is -2.16. The summed E-state index contributed by atoms with van der Waals surface area (Å²) in [6.07, 6.45) is 2.00. The fourth-order valence-electron chi connectivity index (χ4n) is 2.84. The number of pyridine rings is 1. The van der Waals surface area contributed by atoms with Gasteiger partial charge in [0.05, 0.1) is 30.8 Å². The van der Waals surface area contributed by atoms with E-state index in [1.54, 1.807) is 14.2 Å². The molecule has 1 unspecified atom stereocenters. The number of hydrogen-bond acceptors (Lipinski definition) is 5. The van der Waals surface area contributed by atoms with Crippen molar-refractivity contribution >= 4 is 16.6 Å². The largest absolute Gasteiger partial charge is 0.493 e. The number of hydrogen-bond donors (Lipinski definition) is 2. The molecule has 23 heavy (non-hydrogen) atoms. The van der Waals surface area contributed by atoms with Gasteiger partial charge in [0.25, 0.3) is 0 Å². The van der Waals surface area contributed by atoms with Crippen LogP contribution < -0.4 is 20.5 Å². The number of nitrogens with zero attached hydrogens (tertiary/aromatic N) is 1. The Morgan fingerprint density at radius 3 is 2.57 bits per heavy atom. The van der Waals surface area contributed by atoms with Crippen LogP contribution in [0.3, 0.4) is 0 Å². The minimum atomic E-state index is 0.224. The van der Waals surface area contributed by atoms with Crippen molar-refractivity contribution in [3.63, 3.8) is 0 Å². The Labute approximate surface area is 138 Å². The average Bonchev–Trinajstić information content (AvgIpc) is 2.50. The number of aromatic nitrogens is 1. The second-order valence-electron chi connectivity index (χ2n) is 6.01. The van der Waals surface area contributed by atoms with Crippen molar-refractivity contribution in [2.75, 3.05) is 26.1 Å². The molecular formula is C18H27N3O2. The molecule has 0 aliphatic heterocycles. The molecule has 126 valence electrons. The molecule has 0 saturated heterocycles. The number of rotatable bonds is 7. The van der Waals surface area contributed by atoms with Gasteiger partial charge in [-0.3, -0.25) is 4.98 Å². The number of ether oxygens (including phenoxy) is 2. The molecule has 0 radical (unpaired) electrons. The van der Waals surface area contributed by atoms with Crippen LogP contribution in [0.1, 0.15) is 31.0 Å². The standard InChI is InChI=1S/C18H27N3O2/c1-11-9-13(3)21-17-14(20-8-6-7-12(2)19)10-15(22-4)18(23-5)16(11)17/h9-10,12,20H,6-8,19H2,1-5H3. The Hall–Kier alpha value is -2.01. The van der Waals surface area contributed by atoms with Gasteiger partial charge in [-0.05, 0) is 45.2 Å². The van der Waals surface area contributed by atoms with Crippen molar-refractivity contribution in [1.29, 1.82) is 0 Å².